The fourth-order valence-corrected chi connectivity index (χ4v) is 3.64. The van der Waals surface area contributed by atoms with Gasteiger partial charge in [0.1, 0.15) is 5.75 Å². The van der Waals surface area contributed by atoms with Crippen LogP contribution in [0, 0.1) is 6.92 Å². The van der Waals surface area contributed by atoms with Crippen LogP contribution in [0.5, 0.6) is 5.75 Å². The van der Waals surface area contributed by atoms with Crippen molar-refractivity contribution >= 4 is 11.6 Å². The molecule has 0 unspecified atom stereocenters. The van der Waals surface area contributed by atoms with Gasteiger partial charge in [0.05, 0.1) is 12.3 Å². The first-order chi connectivity index (χ1) is 14.7. The molecule has 0 saturated carbocycles. The molecule has 0 radical (unpaired) electrons. The lowest BCUT2D eigenvalue weighted by Crippen LogP contribution is -2.13. The standard InChI is InChI=1S/C27H45NO2/c1-4-6-7-8-9-10-11-12-13-14-15-16-17-18-19-23-26(29)28-27-24(3)21-20-22-25(27)30-5-2/h12-13,20-22H,4-11,14-19,23H2,1-3H3,(H,28,29)/b13-12-. The van der Waals surface area contributed by atoms with Crippen LogP contribution in [0.1, 0.15) is 109 Å². The number of carbonyl (C=O) groups is 1. The number of rotatable bonds is 18. The second kappa shape index (κ2) is 18.0. The fraction of sp³-hybridized carbons (Fsp3) is 0.667. The predicted molar refractivity (Wildman–Crippen MR) is 130 cm³/mol. The van der Waals surface area contributed by atoms with Crippen LogP contribution in [0.2, 0.25) is 0 Å². The van der Waals surface area contributed by atoms with Gasteiger partial charge >= 0.3 is 0 Å². The van der Waals surface area contributed by atoms with E-state index in [9.17, 15) is 4.79 Å². The van der Waals surface area contributed by atoms with Gasteiger partial charge in [-0.2, -0.15) is 0 Å². The lowest BCUT2D eigenvalue weighted by molar-refractivity contribution is -0.116. The first kappa shape index (κ1) is 26.3. The quantitative estimate of drug-likeness (QED) is 0.193. The van der Waals surface area contributed by atoms with Crippen molar-refractivity contribution in [3.05, 3.63) is 35.9 Å². The van der Waals surface area contributed by atoms with E-state index in [2.05, 4.69) is 24.4 Å². The fourth-order valence-electron chi connectivity index (χ4n) is 3.64. The Bertz CT molecular complexity index is 595. The minimum absolute atomic E-state index is 0.0860. The molecule has 0 spiro atoms. The molecule has 0 fully saturated rings. The second-order valence-electron chi connectivity index (χ2n) is 8.26. The number of carbonyl (C=O) groups excluding carboxylic acids is 1. The molecule has 1 N–H and O–H groups in total. The summed E-state index contributed by atoms with van der Waals surface area (Å²) in [5.74, 6) is 0.846. The van der Waals surface area contributed by atoms with Crippen molar-refractivity contribution in [2.75, 3.05) is 11.9 Å². The third kappa shape index (κ3) is 12.7. The maximum absolute atomic E-state index is 12.3. The van der Waals surface area contributed by atoms with Gasteiger partial charge in [-0.05, 0) is 57.6 Å². The summed E-state index contributed by atoms with van der Waals surface area (Å²) in [7, 11) is 0. The van der Waals surface area contributed by atoms with Crippen molar-refractivity contribution < 1.29 is 9.53 Å². The number of aryl methyl sites for hydroxylation is 1. The zero-order valence-corrected chi connectivity index (χ0v) is 19.8. The summed E-state index contributed by atoms with van der Waals surface area (Å²) in [4.78, 5) is 12.3. The predicted octanol–water partition coefficient (Wildman–Crippen LogP) is 8.37. The highest BCUT2D eigenvalue weighted by molar-refractivity contribution is 5.93. The van der Waals surface area contributed by atoms with E-state index in [0.717, 1.165) is 29.8 Å². The Morgan fingerprint density at radius 1 is 0.867 bits per heavy atom. The first-order valence-corrected chi connectivity index (χ1v) is 12.4. The zero-order chi connectivity index (χ0) is 21.9. The van der Waals surface area contributed by atoms with Crippen LogP contribution in [-0.2, 0) is 4.79 Å². The van der Waals surface area contributed by atoms with Crippen molar-refractivity contribution in [2.24, 2.45) is 0 Å². The van der Waals surface area contributed by atoms with Gasteiger partial charge in [0, 0.05) is 6.42 Å². The van der Waals surface area contributed by atoms with Crippen LogP contribution >= 0.6 is 0 Å². The molecule has 1 rings (SSSR count). The van der Waals surface area contributed by atoms with Gasteiger partial charge in [0.25, 0.3) is 0 Å². The molecule has 1 amide bonds. The number of allylic oxidation sites excluding steroid dienone is 2. The summed E-state index contributed by atoms with van der Waals surface area (Å²) in [5.41, 5.74) is 1.86. The highest BCUT2D eigenvalue weighted by atomic mass is 16.5. The molecule has 1 aromatic rings. The number of hydrogen-bond acceptors (Lipinski definition) is 2. The Hall–Kier alpha value is -1.77. The van der Waals surface area contributed by atoms with Crippen molar-refractivity contribution in [1.29, 1.82) is 0 Å². The highest BCUT2D eigenvalue weighted by Crippen LogP contribution is 2.28. The summed E-state index contributed by atoms with van der Waals surface area (Å²) < 4.78 is 5.63. The molecule has 30 heavy (non-hydrogen) atoms. The number of nitrogens with one attached hydrogen (secondary N) is 1. The number of amides is 1. The molecule has 0 bridgehead atoms. The minimum Gasteiger partial charge on any atom is -0.492 e. The molecular formula is C27H45NO2. The average Bonchev–Trinajstić information content (AvgIpc) is 2.73. The monoisotopic (exact) mass is 415 g/mol. The Balaban J connectivity index is 2.02. The highest BCUT2D eigenvalue weighted by Gasteiger charge is 2.10. The topological polar surface area (TPSA) is 38.3 Å². The normalized spacial score (nSPS) is 11.2. The van der Waals surface area contributed by atoms with Crippen molar-refractivity contribution in [1.82, 2.24) is 0 Å². The molecule has 1 aromatic carbocycles. The van der Waals surface area contributed by atoms with E-state index in [4.69, 9.17) is 4.74 Å². The van der Waals surface area contributed by atoms with Gasteiger partial charge < -0.3 is 10.1 Å². The van der Waals surface area contributed by atoms with Gasteiger partial charge in [-0.15, -0.1) is 0 Å². The lowest BCUT2D eigenvalue weighted by atomic mass is 10.1. The van der Waals surface area contributed by atoms with E-state index in [1.165, 1.54) is 70.6 Å². The van der Waals surface area contributed by atoms with Gasteiger partial charge in [-0.25, -0.2) is 0 Å². The molecule has 0 saturated heterocycles. The van der Waals surface area contributed by atoms with Gasteiger partial charge in [0.15, 0.2) is 0 Å². The number of anilines is 1. The number of hydrogen-bond donors (Lipinski definition) is 1. The summed E-state index contributed by atoms with van der Waals surface area (Å²) in [6.45, 7) is 6.82. The van der Waals surface area contributed by atoms with Crippen LogP contribution in [-0.4, -0.2) is 12.5 Å². The molecule has 3 heteroatoms. The summed E-state index contributed by atoms with van der Waals surface area (Å²) in [5, 5.41) is 3.04. The maximum atomic E-state index is 12.3. The SMILES string of the molecule is CCCCCCCC/C=C\CCCCCCCC(=O)Nc1c(C)cccc1OCC. The molecule has 0 aliphatic carbocycles. The molecule has 170 valence electrons. The minimum atomic E-state index is 0.0860. The van der Waals surface area contributed by atoms with Crippen molar-refractivity contribution in [3.63, 3.8) is 0 Å². The third-order valence-electron chi connectivity index (χ3n) is 5.46. The summed E-state index contributed by atoms with van der Waals surface area (Å²) in [6.07, 6.45) is 21.8. The average molecular weight is 416 g/mol. The number of ether oxygens (including phenoxy) is 1. The molecule has 0 heterocycles. The van der Waals surface area contributed by atoms with Gasteiger partial charge in [0.2, 0.25) is 5.91 Å². The van der Waals surface area contributed by atoms with E-state index in [1.54, 1.807) is 0 Å². The van der Waals surface area contributed by atoms with Gasteiger partial charge in [-0.3, -0.25) is 4.79 Å². The molecule has 0 atom stereocenters. The summed E-state index contributed by atoms with van der Waals surface area (Å²) in [6, 6.07) is 5.87. The molecule has 0 aliphatic rings. The zero-order valence-electron chi connectivity index (χ0n) is 19.8. The van der Waals surface area contributed by atoms with Crippen LogP contribution in [0.15, 0.2) is 30.4 Å². The van der Waals surface area contributed by atoms with E-state index >= 15 is 0 Å². The van der Waals surface area contributed by atoms with E-state index in [0.29, 0.717) is 13.0 Å². The maximum Gasteiger partial charge on any atom is 0.224 e. The summed E-state index contributed by atoms with van der Waals surface area (Å²) >= 11 is 0. The smallest absolute Gasteiger partial charge is 0.224 e. The van der Waals surface area contributed by atoms with E-state index in [-0.39, 0.29) is 5.91 Å². The Labute approximate surface area is 185 Å². The van der Waals surface area contributed by atoms with Crippen LogP contribution in [0.25, 0.3) is 0 Å². The number of unbranched alkanes of at least 4 members (excludes halogenated alkanes) is 11. The van der Waals surface area contributed by atoms with E-state index < -0.39 is 0 Å². The largest absolute Gasteiger partial charge is 0.492 e. The van der Waals surface area contributed by atoms with Crippen LogP contribution < -0.4 is 10.1 Å². The third-order valence-corrected chi connectivity index (χ3v) is 5.46. The lowest BCUT2D eigenvalue weighted by Gasteiger charge is -2.14. The second-order valence-corrected chi connectivity index (χ2v) is 8.26. The molecule has 0 aliphatic heterocycles. The van der Waals surface area contributed by atoms with Gasteiger partial charge in [-0.1, -0.05) is 82.6 Å². The Morgan fingerprint density at radius 2 is 1.47 bits per heavy atom. The van der Waals surface area contributed by atoms with E-state index in [1.807, 2.05) is 32.0 Å². The first-order valence-electron chi connectivity index (χ1n) is 12.4. The van der Waals surface area contributed by atoms with Crippen molar-refractivity contribution in [2.45, 2.75) is 111 Å². The van der Waals surface area contributed by atoms with Crippen LogP contribution in [0.4, 0.5) is 5.69 Å². The van der Waals surface area contributed by atoms with Crippen LogP contribution in [0.3, 0.4) is 0 Å². The Morgan fingerprint density at radius 3 is 2.10 bits per heavy atom. The van der Waals surface area contributed by atoms with Crippen molar-refractivity contribution in [3.8, 4) is 5.75 Å². The molecule has 3 nitrogen and oxygen atoms in total. The molecule has 0 aromatic heterocycles. The number of para-hydroxylation sites is 1. The molecular weight excluding hydrogens is 370 g/mol. The Kier molecular flexibility index (Phi) is 15.8. The number of benzene rings is 1.